The van der Waals surface area contributed by atoms with Crippen molar-refractivity contribution in [2.75, 3.05) is 0 Å². The number of carbonyl (C=O) groups is 1. The van der Waals surface area contributed by atoms with E-state index in [-0.39, 0.29) is 0 Å². The third-order valence-electron chi connectivity index (χ3n) is 5.44. The summed E-state index contributed by atoms with van der Waals surface area (Å²) in [5.74, 6) is -0.879. The summed E-state index contributed by atoms with van der Waals surface area (Å²) in [7, 11) is 0. The van der Waals surface area contributed by atoms with Crippen LogP contribution in [0.4, 0.5) is 0 Å². The second kappa shape index (κ2) is 8.74. The van der Waals surface area contributed by atoms with Gasteiger partial charge in [-0.2, -0.15) is 0 Å². The fraction of sp³-hybridized carbons (Fsp3) is 0.148. The van der Waals surface area contributed by atoms with Crippen LogP contribution in [-0.2, 0) is 25.7 Å². The van der Waals surface area contributed by atoms with Gasteiger partial charge >= 0.3 is 5.97 Å². The molecule has 0 bridgehead atoms. The van der Waals surface area contributed by atoms with E-state index in [1.807, 2.05) is 12.1 Å². The average molecular weight is 380 g/mol. The van der Waals surface area contributed by atoms with E-state index in [0.717, 1.165) is 31.2 Å². The first-order valence-electron chi connectivity index (χ1n) is 10.1. The van der Waals surface area contributed by atoms with E-state index in [4.69, 9.17) is 5.11 Å². The minimum atomic E-state index is -0.879. The molecule has 0 radical (unpaired) electrons. The van der Waals surface area contributed by atoms with Crippen LogP contribution in [0.1, 0.15) is 32.6 Å². The molecule has 0 aliphatic rings. The van der Waals surface area contributed by atoms with Crippen LogP contribution in [0.15, 0.2) is 91.0 Å². The van der Waals surface area contributed by atoms with Crippen LogP contribution in [0.25, 0.3) is 10.8 Å². The maximum atomic E-state index is 10.9. The number of carboxylic acids is 1. The summed E-state index contributed by atoms with van der Waals surface area (Å²) < 4.78 is 0. The number of carboxylic acid groups (broad SMARTS) is 1. The standard InChI is InChI=1S/C27H24O2/c28-27(29)25-17-13-22(14-18-25)10-9-20-5-7-21(8-6-20)11-12-23-15-16-24-3-1-2-4-26(24)19-23/h1-8,13-19H,9-12H2,(H,28,29). The molecule has 0 aromatic heterocycles. The first-order chi connectivity index (χ1) is 14.2. The molecular weight excluding hydrogens is 356 g/mol. The van der Waals surface area contributed by atoms with Gasteiger partial charge in [0, 0.05) is 0 Å². The summed E-state index contributed by atoms with van der Waals surface area (Å²) in [4.78, 5) is 10.9. The highest BCUT2D eigenvalue weighted by molar-refractivity contribution is 5.87. The van der Waals surface area contributed by atoms with Crippen LogP contribution in [0.5, 0.6) is 0 Å². The van der Waals surface area contributed by atoms with Gasteiger partial charge in [-0.25, -0.2) is 4.79 Å². The van der Waals surface area contributed by atoms with Crippen molar-refractivity contribution in [1.29, 1.82) is 0 Å². The number of fused-ring (bicyclic) bond motifs is 1. The Bertz CT molecular complexity index is 1110. The van der Waals surface area contributed by atoms with Crippen molar-refractivity contribution in [2.45, 2.75) is 25.7 Å². The summed E-state index contributed by atoms with van der Waals surface area (Å²) in [6, 6.07) is 31.2. The largest absolute Gasteiger partial charge is 0.478 e. The van der Waals surface area contributed by atoms with Crippen LogP contribution < -0.4 is 0 Å². The van der Waals surface area contributed by atoms with Crippen molar-refractivity contribution in [3.05, 3.63) is 119 Å². The predicted molar refractivity (Wildman–Crippen MR) is 119 cm³/mol. The number of rotatable bonds is 7. The second-order valence-electron chi connectivity index (χ2n) is 7.50. The quantitative estimate of drug-likeness (QED) is 0.420. The number of hydrogen-bond acceptors (Lipinski definition) is 1. The highest BCUT2D eigenvalue weighted by atomic mass is 16.4. The van der Waals surface area contributed by atoms with Crippen LogP contribution in [0.3, 0.4) is 0 Å². The van der Waals surface area contributed by atoms with Gasteiger partial charge in [0.05, 0.1) is 5.56 Å². The average Bonchev–Trinajstić information content (AvgIpc) is 2.77. The van der Waals surface area contributed by atoms with E-state index in [9.17, 15) is 4.79 Å². The molecule has 4 aromatic carbocycles. The highest BCUT2D eigenvalue weighted by Crippen LogP contribution is 2.18. The molecule has 4 rings (SSSR count). The highest BCUT2D eigenvalue weighted by Gasteiger charge is 2.03. The first kappa shape index (κ1) is 18.9. The molecule has 0 heterocycles. The van der Waals surface area contributed by atoms with Gasteiger partial charge in [0.25, 0.3) is 0 Å². The maximum absolute atomic E-state index is 10.9. The first-order valence-corrected chi connectivity index (χ1v) is 10.1. The van der Waals surface area contributed by atoms with E-state index >= 15 is 0 Å². The Morgan fingerprint density at radius 1 is 0.552 bits per heavy atom. The molecule has 144 valence electrons. The lowest BCUT2D eigenvalue weighted by atomic mass is 9.99. The molecule has 0 amide bonds. The zero-order chi connectivity index (χ0) is 20.1. The minimum absolute atomic E-state index is 0.338. The minimum Gasteiger partial charge on any atom is -0.478 e. The Morgan fingerprint density at radius 3 is 1.55 bits per heavy atom. The predicted octanol–water partition coefficient (Wildman–Crippen LogP) is 6.11. The zero-order valence-electron chi connectivity index (χ0n) is 16.3. The molecule has 0 atom stereocenters. The topological polar surface area (TPSA) is 37.3 Å². The van der Waals surface area contributed by atoms with E-state index in [0.29, 0.717) is 5.56 Å². The maximum Gasteiger partial charge on any atom is 0.335 e. The molecule has 0 aliphatic heterocycles. The Balaban J connectivity index is 1.32. The van der Waals surface area contributed by atoms with E-state index in [2.05, 4.69) is 66.7 Å². The number of aryl methyl sites for hydroxylation is 4. The summed E-state index contributed by atoms with van der Waals surface area (Å²) in [5.41, 5.74) is 5.53. The molecule has 0 spiro atoms. The van der Waals surface area contributed by atoms with Gasteiger partial charge in [0.1, 0.15) is 0 Å². The molecule has 1 N–H and O–H groups in total. The fourth-order valence-electron chi connectivity index (χ4n) is 3.66. The monoisotopic (exact) mass is 380 g/mol. The molecule has 2 heteroatoms. The zero-order valence-corrected chi connectivity index (χ0v) is 16.3. The lowest BCUT2D eigenvalue weighted by Crippen LogP contribution is -1.97. The normalized spacial score (nSPS) is 10.9. The lowest BCUT2D eigenvalue weighted by molar-refractivity contribution is 0.0697. The molecular formula is C27H24O2. The van der Waals surface area contributed by atoms with E-state index in [1.54, 1.807) is 12.1 Å². The Kier molecular flexibility index (Phi) is 5.71. The van der Waals surface area contributed by atoms with Crippen molar-refractivity contribution in [3.63, 3.8) is 0 Å². The van der Waals surface area contributed by atoms with E-state index in [1.165, 1.54) is 27.5 Å². The molecule has 0 aliphatic carbocycles. The number of benzene rings is 4. The van der Waals surface area contributed by atoms with Crippen molar-refractivity contribution < 1.29 is 9.90 Å². The molecule has 0 saturated heterocycles. The van der Waals surface area contributed by atoms with Gasteiger partial charge in [-0.1, -0.05) is 78.9 Å². The molecule has 29 heavy (non-hydrogen) atoms. The van der Waals surface area contributed by atoms with Crippen molar-refractivity contribution in [1.82, 2.24) is 0 Å². The lowest BCUT2D eigenvalue weighted by Gasteiger charge is -2.07. The second-order valence-corrected chi connectivity index (χ2v) is 7.50. The van der Waals surface area contributed by atoms with Gasteiger partial charge in [0.15, 0.2) is 0 Å². The van der Waals surface area contributed by atoms with Crippen LogP contribution in [-0.4, -0.2) is 11.1 Å². The third-order valence-corrected chi connectivity index (χ3v) is 5.44. The SMILES string of the molecule is O=C(O)c1ccc(CCc2ccc(CCc3ccc4ccccc4c3)cc2)cc1. The van der Waals surface area contributed by atoms with Crippen LogP contribution in [0.2, 0.25) is 0 Å². The van der Waals surface area contributed by atoms with Gasteiger partial charge in [-0.3, -0.25) is 0 Å². The molecule has 0 unspecified atom stereocenters. The molecule has 4 aromatic rings. The van der Waals surface area contributed by atoms with Crippen LogP contribution >= 0.6 is 0 Å². The number of hydrogen-bond donors (Lipinski definition) is 1. The van der Waals surface area contributed by atoms with Gasteiger partial charge < -0.3 is 5.11 Å². The Morgan fingerprint density at radius 2 is 1.00 bits per heavy atom. The molecule has 0 saturated carbocycles. The fourth-order valence-corrected chi connectivity index (χ4v) is 3.66. The Labute approximate surface area is 171 Å². The van der Waals surface area contributed by atoms with Gasteiger partial charge in [-0.15, -0.1) is 0 Å². The van der Waals surface area contributed by atoms with Gasteiger partial charge in [0.2, 0.25) is 0 Å². The molecule has 0 fully saturated rings. The van der Waals surface area contributed by atoms with Crippen LogP contribution in [0, 0.1) is 0 Å². The van der Waals surface area contributed by atoms with Gasteiger partial charge in [-0.05, 0) is 70.8 Å². The summed E-state index contributed by atoms with van der Waals surface area (Å²) in [5, 5.41) is 11.6. The summed E-state index contributed by atoms with van der Waals surface area (Å²) in [6.07, 6.45) is 3.95. The third kappa shape index (κ3) is 4.91. The van der Waals surface area contributed by atoms with Crippen molar-refractivity contribution in [3.8, 4) is 0 Å². The van der Waals surface area contributed by atoms with Crippen molar-refractivity contribution >= 4 is 16.7 Å². The molecule has 2 nitrogen and oxygen atoms in total. The smallest absolute Gasteiger partial charge is 0.335 e. The Hall–Kier alpha value is -3.39. The number of aromatic carboxylic acids is 1. The van der Waals surface area contributed by atoms with Crippen molar-refractivity contribution in [2.24, 2.45) is 0 Å². The van der Waals surface area contributed by atoms with E-state index < -0.39 is 5.97 Å². The summed E-state index contributed by atoms with van der Waals surface area (Å²) >= 11 is 0. The summed E-state index contributed by atoms with van der Waals surface area (Å²) in [6.45, 7) is 0.